The topological polar surface area (TPSA) is 63.6 Å². The molecule has 0 fully saturated rings. The van der Waals surface area contributed by atoms with Crippen molar-refractivity contribution < 1.29 is 19.4 Å². The van der Waals surface area contributed by atoms with Crippen LogP contribution in [0.3, 0.4) is 0 Å². The van der Waals surface area contributed by atoms with E-state index in [1.54, 1.807) is 12.1 Å². The van der Waals surface area contributed by atoms with Crippen LogP contribution >= 0.6 is 0 Å². The molecule has 1 N–H and O–H groups in total. The quantitative estimate of drug-likeness (QED) is 0.769. The van der Waals surface area contributed by atoms with E-state index in [9.17, 15) is 14.7 Å². The fraction of sp³-hybridized carbons (Fsp3) is 0.385. The van der Waals surface area contributed by atoms with Gasteiger partial charge in [-0.2, -0.15) is 0 Å². The molecule has 0 radical (unpaired) electrons. The van der Waals surface area contributed by atoms with Gasteiger partial charge in [0.1, 0.15) is 12.0 Å². The minimum Gasteiger partial charge on any atom is -0.496 e. The molecule has 0 saturated carbocycles. The summed E-state index contributed by atoms with van der Waals surface area (Å²) in [7, 11) is 1.51. The van der Waals surface area contributed by atoms with Crippen LogP contribution in [0, 0.1) is 6.92 Å². The molecule has 0 saturated heterocycles. The zero-order valence-electron chi connectivity index (χ0n) is 9.97. The number of aryl methyl sites for hydroxylation is 1. The molecule has 1 aromatic carbocycles. The number of hydrogen-bond acceptors (Lipinski definition) is 3. The Morgan fingerprint density at radius 1 is 1.53 bits per heavy atom. The minimum absolute atomic E-state index is 0.230. The highest BCUT2D eigenvalue weighted by Gasteiger charge is 2.22. The van der Waals surface area contributed by atoms with Crippen LogP contribution in [0.2, 0.25) is 0 Å². The summed E-state index contributed by atoms with van der Waals surface area (Å²) in [5.74, 6) is -1.08. The Balaban J connectivity index is 3.08. The first-order valence-electron chi connectivity index (χ1n) is 5.41. The van der Waals surface area contributed by atoms with E-state index in [0.717, 1.165) is 11.8 Å². The van der Waals surface area contributed by atoms with Gasteiger partial charge in [-0.05, 0) is 25.0 Å². The van der Waals surface area contributed by atoms with Crippen LogP contribution in [0.5, 0.6) is 5.75 Å². The molecular formula is C13H16O4. The summed E-state index contributed by atoms with van der Waals surface area (Å²) in [5, 5.41) is 9.17. The van der Waals surface area contributed by atoms with Crippen LogP contribution in [0.25, 0.3) is 0 Å². The highest BCUT2D eigenvalue weighted by molar-refractivity contribution is 5.77. The molecule has 0 heterocycles. The summed E-state index contributed by atoms with van der Waals surface area (Å²) in [6, 6.07) is 5.39. The highest BCUT2D eigenvalue weighted by Crippen LogP contribution is 2.30. The second kappa shape index (κ2) is 6.03. The normalized spacial score (nSPS) is 11.9. The summed E-state index contributed by atoms with van der Waals surface area (Å²) in [6.45, 7) is 1.91. The van der Waals surface area contributed by atoms with Crippen molar-refractivity contribution in [1.82, 2.24) is 0 Å². The zero-order chi connectivity index (χ0) is 12.8. The van der Waals surface area contributed by atoms with Crippen LogP contribution in [-0.4, -0.2) is 24.5 Å². The second-order valence-electron chi connectivity index (χ2n) is 3.88. The predicted molar refractivity (Wildman–Crippen MR) is 63.4 cm³/mol. The first-order chi connectivity index (χ1) is 8.10. The van der Waals surface area contributed by atoms with E-state index < -0.39 is 11.9 Å². The lowest BCUT2D eigenvalue weighted by Crippen LogP contribution is -2.13. The lowest BCUT2D eigenvalue weighted by Gasteiger charge is -2.15. The monoisotopic (exact) mass is 236 g/mol. The number of benzene rings is 1. The van der Waals surface area contributed by atoms with Gasteiger partial charge in [0.15, 0.2) is 0 Å². The summed E-state index contributed by atoms with van der Waals surface area (Å²) in [6.07, 6.45) is 1.25. The van der Waals surface area contributed by atoms with Crippen LogP contribution in [0.15, 0.2) is 18.2 Å². The third-order valence-corrected chi connectivity index (χ3v) is 2.64. The van der Waals surface area contributed by atoms with Crippen molar-refractivity contribution in [2.24, 2.45) is 0 Å². The van der Waals surface area contributed by atoms with Crippen molar-refractivity contribution in [3.05, 3.63) is 29.3 Å². The number of carboxylic acids is 1. The molecule has 1 unspecified atom stereocenters. The number of carbonyl (C=O) groups is 2. The van der Waals surface area contributed by atoms with Gasteiger partial charge in [0, 0.05) is 12.0 Å². The number of carbonyl (C=O) groups excluding carboxylic acids is 1. The average molecular weight is 236 g/mol. The Morgan fingerprint density at radius 3 is 2.76 bits per heavy atom. The Hall–Kier alpha value is -1.84. The smallest absolute Gasteiger partial charge is 0.311 e. The summed E-state index contributed by atoms with van der Waals surface area (Å²) >= 11 is 0. The average Bonchev–Trinajstić information content (AvgIpc) is 2.30. The predicted octanol–water partition coefficient (Wildman–Crippen LogP) is 2.15. The third kappa shape index (κ3) is 3.31. The van der Waals surface area contributed by atoms with E-state index >= 15 is 0 Å². The zero-order valence-corrected chi connectivity index (χ0v) is 9.97. The minimum atomic E-state index is -0.936. The highest BCUT2D eigenvalue weighted by atomic mass is 16.5. The van der Waals surface area contributed by atoms with Crippen molar-refractivity contribution in [2.75, 3.05) is 7.11 Å². The fourth-order valence-electron chi connectivity index (χ4n) is 1.75. The van der Waals surface area contributed by atoms with E-state index in [2.05, 4.69) is 0 Å². The van der Waals surface area contributed by atoms with E-state index in [-0.39, 0.29) is 12.8 Å². The molecule has 0 aromatic heterocycles. The number of hydrogen-bond donors (Lipinski definition) is 1. The Labute approximate surface area is 100 Å². The van der Waals surface area contributed by atoms with Crippen molar-refractivity contribution in [1.29, 1.82) is 0 Å². The van der Waals surface area contributed by atoms with Crippen LogP contribution in [0.1, 0.15) is 29.9 Å². The molecule has 17 heavy (non-hydrogen) atoms. The number of aldehydes is 1. The summed E-state index contributed by atoms with van der Waals surface area (Å²) in [4.78, 5) is 21.5. The largest absolute Gasteiger partial charge is 0.496 e. The molecule has 0 aliphatic heterocycles. The molecule has 0 amide bonds. The van der Waals surface area contributed by atoms with Gasteiger partial charge in [0.25, 0.3) is 0 Å². The number of carboxylic acid groups (broad SMARTS) is 1. The maximum atomic E-state index is 11.2. The first kappa shape index (κ1) is 13.2. The van der Waals surface area contributed by atoms with Crippen LogP contribution in [-0.2, 0) is 9.59 Å². The van der Waals surface area contributed by atoms with Gasteiger partial charge < -0.3 is 14.6 Å². The molecule has 4 nitrogen and oxygen atoms in total. The Kier molecular flexibility index (Phi) is 4.69. The van der Waals surface area contributed by atoms with Gasteiger partial charge in [0.2, 0.25) is 0 Å². The van der Waals surface area contributed by atoms with Gasteiger partial charge in [0.05, 0.1) is 13.0 Å². The van der Waals surface area contributed by atoms with Crippen LogP contribution in [0.4, 0.5) is 0 Å². The van der Waals surface area contributed by atoms with Gasteiger partial charge in [-0.1, -0.05) is 12.1 Å². The molecule has 4 heteroatoms. The number of aliphatic carboxylic acids is 1. The third-order valence-electron chi connectivity index (χ3n) is 2.64. The summed E-state index contributed by atoms with van der Waals surface area (Å²) < 4.78 is 5.19. The van der Waals surface area contributed by atoms with E-state index in [0.29, 0.717) is 11.3 Å². The number of methoxy groups -OCH3 is 1. The number of rotatable bonds is 6. The Morgan fingerprint density at radius 2 is 2.24 bits per heavy atom. The van der Waals surface area contributed by atoms with Crippen molar-refractivity contribution in [3.63, 3.8) is 0 Å². The van der Waals surface area contributed by atoms with Crippen molar-refractivity contribution in [2.45, 2.75) is 25.7 Å². The molecule has 0 aliphatic rings. The number of ether oxygens (including phenoxy) is 1. The second-order valence-corrected chi connectivity index (χ2v) is 3.88. The standard InChI is InChI=1S/C13H16O4/c1-9-5-6-10(12(8-9)17-2)11(13(15)16)4-3-7-14/h5-8,11H,3-4H2,1-2H3,(H,15,16). The first-order valence-corrected chi connectivity index (χ1v) is 5.41. The van der Waals surface area contributed by atoms with Crippen molar-refractivity contribution in [3.8, 4) is 5.75 Å². The van der Waals surface area contributed by atoms with Gasteiger partial charge in [-0.3, -0.25) is 4.79 Å². The maximum absolute atomic E-state index is 11.2. The molecule has 1 aromatic rings. The fourth-order valence-corrected chi connectivity index (χ4v) is 1.75. The lowest BCUT2D eigenvalue weighted by atomic mass is 9.93. The van der Waals surface area contributed by atoms with Gasteiger partial charge in [-0.15, -0.1) is 0 Å². The molecule has 0 spiro atoms. The lowest BCUT2D eigenvalue weighted by molar-refractivity contribution is -0.139. The van der Waals surface area contributed by atoms with Gasteiger partial charge in [-0.25, -0.2) is 0 Å². The molecular weight excluding hydrogens is 220 g/mol. The van der Waals surface area contributed by atoms with E-state index in [1.807, 2.05) is 13.0 Å². The molecule has 0 bridgehead atoms. The Bertz CT molecular complexity index is 412. The molecule has 1 rings (SSSR count). The maximum Gasteiger partial charge on any atom is 0.311 e. The summed E-state index contributed by atoms with van der Waals surface area (Å²) in [5.41, 5.74) is 1.62. The van der Waals surface area contributed by atoms with Gasteiger partial charge >= 0.3 is 5.97 Å². The SMILES string of the molecule is COc1cc(C)ccc1C(CCC=O)C(=O)O. The van der Waals surface area contributed by atoms with Crippen LogP contribution < -0.4 is 4.74 Å². The van der Waals surface area contributed by atoms with Crippen molar-refractivity contribution >= 4 is 12.3 Å². The van der Waals surface area contributed by atoms with E-state index in [1.165, 1.54) is 7.11 Å². The molecule has 1 atom stereocenters. The molecule has 0 aliphatic carbocycles. The van der Waals surface area contributed by atoms with E-state index in [4.69, 9.17) is 4.74 Å². The molecule has 92 valence electrons.